The van der Waals surface area contributed by atoms with Crippen molar-refractivity contribution in [3.8, 4) is 17.2 Å². The number of rotatable bonds is 3. The fraction of sp³-hybridized carbons (Fsp3) is 0.0625. The molecule has 1 heterocycles. The van der Waals surface area contributed by atoms with Crippen LogP contribution in [0.3, 0.4) is 0 Å². The van der Waals surface area contributed by atoms with Gasteiger partial charge in [0.15, 0.2) is 23.1 Å². The SMILES string of the molecule is COc1ccc2[nH]c(=O)ccc2c1Oc1ccc(F)cc1F. The van der Waals surface area contributed by atoms with Gasteiger partial charge in [-0.3, -0.25) is 4.79 Å². The third-order valence-electron chi connectivity index (χ3n) is 3.15. The molecule has 3 rings (SSSR count). The number of nitrogens with one attached hydrogen (secondary N) is 1. The van der Waals surface area contributed by atoms with Crippen molar-refractivity contribution in [1.82, 2.24) is 4.98 Å². The number of aromatic amines is 1. The van der Waals surface area contributed by atoms with E-state index in [0.717, 1.165) is 12.1 Å². The van der Waals surface area contributed by atoms with Gasteiger partial charge in [0.05, 0.1) is 12.6 Å². The first-order valence-electron chi connectivity index (χ1n) is 6.41. The van der Waals surface area contributed by atoms with Gasteiger partial charge in [-0.05, 0) is 30.3 Å². The van der Waals surface area contributed by atoms with Gasteiger partial charge in [0.1, 0.15) is 5.82 Å². The van der Waals surface area contributed by atoms with Crippen LogP contribution >= 0.6 is 0 Å². The first-order chi connectivity index (χ1) is 10.6. The Morgan fingerprint density at radius 3 is 2.50 bits per heavy atom. The molecule has 0 unspecified atom stereocenters. The number of hydrogen-bond donors (Lipinski definition) is 1. The summed E-state index contributed by atoms with van der Waals surface area (Å²) in [6, 6.07) is 9.14. The molecule has 1 N–H and O–H groups in total. The standard InChI is InChI=1S/C16H11F2NO3/c1-21-14-6-4-12-10(3-7-15(20)19-12)16(14)22-13-5-2-9(17)8-11(13)18/h2-8H,1H3,(H,19,20). The van der Waals surface area contributed by atoms with Crippen molar-refractivity contribution in [3.63, 3.8) is 0 Å². The fourth-order valence-corrected chi connectivity index (χ4v) is 2.12. The minimum atomic E-state index is -0.830. The highest BCUT2D eigenvalue weighted by atomic mass is 19.1. The molecule has 0 spiro atoms. The number of aromatic nitrogens is 1. The van der Waals surface area contributed by atoms with E-state index in [2.05, 4.69) is 4.98 Å². The third-order valence-corrected chi connectivity index (χ3v) is 3.15. The number of fused-ring (bicyclic) bond motifs is 1. The molecule has 3 aromatic rings. The average Bonchev–Trinajstić information content (AvgIpc) is 2.49. The van der Waals surface area contributed by atoms with E-state index >= 15 is 0 Å². The van der Waals surface area contributed by atoms with Crippen LogP contribution in [0.5, 0.6) is 17.2 Å². The molecular formula is C16H11F2NO3. The normalized spacial score (nSPS) is 10.7. The van der Waals surface area contributed by atoms with Crippen LogP contribution in [0.15, 0.2) is 47.3 Å². The van der Waals surface area contributed by atoms with Gasteiger partial charge in [-0.1, -0.05) is 0 Å². The molecule has 0 atom stereocenters. The number of methoxy groups -OCH3 is 1. The molecule has 0 radical (unpaired) electrons. The van der Waals surface area contributed by atoms with Gasteiger partial charge in [-0.2, -0.15) is 0 Å². The Morgan fingerprint density at radius 2 is 1.77 bits per heavy atom. The zero-order chi connectivity index (χ0) is 15.7. The van der Waals surface area contributed by atoms with Gasteiger partial charge in [0, 0.05) is 17.5 Å². The summed E-state index contributed by atoms with van der Waals surface area (Å²) in [6.45, 7) is 0. The number of benzene rings is 2. The Kier molecular flexibility index (Phi) is 3.50. The van der Waals surface area contributed by atoms with Gasteiger partial charge in [-0.25, -0.2) is 8.78 Å². The summed E-state index contributed by atoms with van der Waals surface area (Å²) < 4.78 is 37.5. The second kappa shape index (κ2) is 5.48. The maximum atomic E-state index is 13.8. The van der Waals surface area contributed by atoms with Gasteiger partial charge in [-0.15, -0.1) is 0 Å². The van der Waals surface area contributed by atoms with E-state index in [0.29, 0.717) is 16.7 Å². The van der Waals surface area contributed by atoms with Crippen molar-refractivity contribution in [2.75, 3.05) is 7.11 Å². The molecule has 0 saturated heterocycles. The quantitative estimate of drug-likeness (QED) is 0.804. The highest BCUT2D eigenvalue weighted by Crippen LogP contribution is 2.38. The molecule has 2 aromatic carbocycles. The molecule has 0 amide bonds. The van der Waals surface area contributed by atoms with Crippen LogP contribution in [-0.2, 0) is 0 Å². The van der Waals surface area contributed by atoms with Crippen molar-refractivity contribution in [2.45, 2.75) is 0 Å². The number of ether oxygens (including phenoxy) is 2. The van der Waals surface area contributed by atoms with Crippen molar-refractivity contribution < 1.29 is 18.3 Å². The second-order valence-electron chi connectivity index (χ2n) is 4.56. The van der Waals surface area contributed by atoms with Crippen LogP contribution < -0.4 is 15.0 Å². The molecule has 22 heavy (non-hydrogen) atoms. The molecule has 0 aliphatic rings. The van der Waals surface area contributed by atoms with E-state index in [1.807, 2.05) is 0 Å². The Hall–Kier alpha value is -2.89. The van der Waals surface area contributed by atoms with Crippen molar-refractivity contribution >= 4 is 10.9 Å². The largest absolute Gasteiger partial charge is 0.493 e. The summed E-state index contributed by atoms with van der Waals surface area (Å²) in [5, 5.41) is 0.544. The van der Waals surface area contributed by atoms with Gasteiger partial charge >= 0.3 is 0 Å². The minimum Gasteiger partial charge on any atom is -0.493 e. The number of hydrogen-bond acceptors (Lipinski definition) is 3. The predicted octanol–water partition coefficient (Wildman–Crippen LogP) is 3.61. The molecule has 0 aliphatic carbocycles. The zero-order valence-corrected chi connectivity index (χ0v) is 11.5. The van der Waals surface area contributed by atoms with E-state index in [1.54, 1.807) is 18.2 Å². The Balaban J connectivity index is 2.17. The van der Waals surface area contributed by atoms with E-state index in [9.17, 15) is 13.6 Å². The molecule has 112 valence electrons. The summed E-state index contributed by atoms with van der Waals surface area (Å²) in [4.78, 5) is 14.0. The first kappa shape index (κ1) is 14.1. The average molecular weight is 303 g/mol. The van der Waals surface area contributed by atoms with E-state index in [-0.39, 0.29) is 17.1 Å². The van der Waals surface area contributed by atoms with Crippen LogP contribution in [0, 0.1) is 11.6 Å². The maximum absolute atomic E-state index is 13.8. The number of pyridine rings is 1. The van der Waals surface area contributed by atoms with Crippen LogP contribution in [0.1, 0.15) is 0 Å². The zero-order valence-electron chi connectivity index (χ0n) is 11.5. The highest BCUT2D eigenvalue weighted by molar-refractivity contribution is 5.88. The molecule has 6 heteroatoms. The second-order valence-corrected chi connectivity index (χ2v) is 4.56. The lowest BCUT2D eigenvalue weighted by atomic mass is 10.2. The van der Waals surface area contributed by atoms with Crippen LogP contribution in [-0.4, -0.2) is 12.1 Å². The van der Waals surface area contributed by atoms with Gasteiger partial charge in [0.2, 0.25) is 5.56 Å². The van der Waals surface area contributed by atoms with Crippen LogP contribution in [0.2, 0.25) is 0 Å². The molecule has 0 bridgehead atoms. The monoisotopic (exact) mass is 303 g/mol. The molecule has 0 fully saturated rings. The number of halogens is 2. The maximum Gasteiger partial charge on any atom is 0.248 e. The lowest BCUT2D eigenvalue weighted by Gasteiger charge is -2.13. The van der Waals surface area contributed by atoms with E-state index in [4.69, 9.17) is 9.47 Å². The Morgan fingerprint density at radius 1 is 1.00 bits per heavy atom. The number of H-pyrrole nitrogens is 1. The van der Waals surface area contributed by atoms with Crippen LogP contribution in [0.25, 0.3) is 10.9 Å². The molecule has 0 aliphatic heterocycles. The molecule has 1 aromatic heterocycles. The molecular weight excluding hydrogens is 292 g/mol. The Bertz CT molecular complexity index is 906. The topological polar surface area (TPSA) is 51.3 Å². The van der Waals surface area contributed by atoms with E-state index in [1.165, 1.54) is 19.2 Å². The summed E-state index contributed by atoms with van der Waals surface area (Å²) in [5.41, 5.74) is 0.252. The smallest absolute Gasteiger partial charge is 0.248 e. The predicted molar refractivity (Wildman–Crippen MR) is 77.6 cm³/mol. The fourth-order valence-electron chi connectivity index (χ4n) is 2.12. The first-order valence-corrected chi connectivity index (χ1v) is 6.41. The highest BCUT2D eigenvalue weighted by Gasteiger charge is 2.14. The molecule has 4 nitrogen and oxygen atoms in total. The van der Waals surface area contributed by atoms with Crippen molar-refractivity contribution in [2.24, 2.45) is 0 Å². The lowest BCUT2D eigenvalue weighted by molar-refractivity contribution is 0.373. The lowest BCUT2D eigenvalue weighted by Crippen LogP contribution is -2.03. The van der Waals surface area contributed by atoms with Crippen molar-refractivity contribution in [3.05, 3.63) is 64.5 Å². The van der Waals surface area contributed by atoms with Gasteiger partial charge < -0.3 is 14.5 Å². The van der Waals surface area contributed by atoms with Gasteiger partial charge in [0.25, 0.3) is 0 Å². The minimum absolute atomic E-state index is 0.140. The van der Waals surface area contributed by atoms with Crippen molar-refractivity contribution in [1.29, 1.82) is 0 Å². The summed E-state index contributed by atoms with van der Waals surface area (Å²) in [6.07, 6.45) is 0. The Labute approximate surface area is 123 Å². The van der Waals surface area contributed by atoms with E-state index < -0.39 is 11.6 Å². The summed E-state index contributed by atoms with van der Waals surface area (Å²) in [5.74, 6) is -1.06. The summed E-state index contributed by atoms with van der Waals surface area (Å²) >= 11 is 0. The third kappa shape index (κ3) is 2.50. The summed E-state index contributed by atoms with van der Waals surface area (Å²) in [7, 11) is 1.45. The van der Waals surface area contributed by atoms with Crippen LogP contribution in [0.4, 0.5) is 8.78 Å². The molecule has 0 saturated carbocycles.